The van der Waals surface area contributed by atoms with Crippen molar-refractivity contribution in [3.8, 4) is 12.3 Å². The molecule has 0 bridgehead atoms. The third-order valence-electron chi connectivity index (χ3n) is 2.84. The van der Waals surface area contributed by atoms with Crippen LogP contribution < -0.4 is 5.32 Å². The lowest BCUT2D eigenvalue weighted by molar-refractivity contribution is 0.328. The van der Waals surface area contributed by atoms with Gasteiger partial charge in [-0.25, -0.2) is 0 Å². The third-order valence-corrected chi connectivity index (χ3v) is 2.84. The van der Waals surface area contributed by atoms with Crippen molar-refractivity contribution < 1.29 is 0 Å². The quantitative estimate of drug-likeness (QED) is 0.579. The average molecular weight is 232 g/mol. The molecule has 0 aliphatic carbocycles. The first-order valence-corrected chi connectivity index (χ1v) is 6.66. The van der Waals surface area contributed by atoms with Crippen molar-refractivity contribution >= 4 is 0 Å². The minimum absolute atomic E-state index is 0.814. The lowest BCUT2D eigenvalue weighted by atomic mass is 10.2. The first-order chi connectivity index (χ1) is 8.38. The highest BCUT2D eigenvalue weighted by Crippen LogP contribution is 2.09. The molecule has 1 aliphatic rings. The maximum absolute atomic E-state index is 5.36. The fourth-order valence-corrected chi connectivity index (χ4v) is 1.97. The zero-order chi connectivity index (χ0) is 12.3. The SMILES string of the molecule is C#CCCN(CCC)/C1=C/CCC/C=C/CN1. The summed E-state index contributed by atoms with van der Waals surface area (Å²) in [6.07, 6.45) is 17.7. The Kier molecular flexibility index (Phi) is 7.06. The molecule has 0 unspecified atom stereocenters. The summed E-state index contributed by atoms with van der Waals surface area (Å²) in [6.45, 7) is 5.15. The van der Waals surface area contributed by atoms with Crippen molar-refractivity contribution in [3.05, 3.63) is 24.0 Å². The van der Waals surface area contributed by atoms with Crippen molar-refractivity contribution in [2.75, 3.05) is 19.6 Å². The molecule has 0 aromatic heterocycles. The Labute approximate surface area is 106 Å². The van der Waals surface area contributed by atoms with Crippen LogP contribution in [0.5, 0.6) is 0 Å². The predicted molar refractivity (Wildman–Crippen MR) is 74.4 cm³/mol. The number of terminal acetylenes is 1. The number of nitrogens with zero attached hydrogens (tertiary/aromatic N) is 1. The fourth-order valence-electron chi connectivity index (χ4n) is 1.97. The molecule has 1 aliphatic heterocycles. The average Bonchev–Trinajstić information content (AvgIpc) is 2.48. The molecule has 0 aromatic carbocycles. The molecule has 0 radical (unpaired) electrons. The molecule has 0 spiro atoms. The van der Waals surface area contributed by atoms with Gasteiger partial charge in [-0.3, -0.25) is 0 Å². The molecule has 2 nitrogen and oxygen atoms in total. The van der Waals surface area contributed by atoms with E-state index in [1.807, 2.05) is 0 Å². The molecule has 0 saturated heterocycles. The number of allylic oxidation sites excluding steroid dienone is 2. The van der Waals surface area contributed by atoms with Crippen LogP contribution in [0.2, 0.25) is 0 Å². The molecule has 94 valence electrons. The van der Waals surface area contributed by atoms with Crippen molar-refractivity contribution in [1.82, 2.24) is 10.2 Å². The molecule has 0 fully saturated rings. The summed E-state index contributed by atoms with van der Waals surface area (Å²) in [5.74, 6) is 3.98. The van der Waals surface area contributed by atoms with Crippen LogP contribution in [0.15, 0.2) is 24.0 Å². The zero-order valence-corrected chi connectivity index (χ0v) is 10.9. The lowest BCUT2D eigenvalue weighted by Crippen LogP contribution is -2.33. The van der Waals surface area contributed by atoms with Gasteiger partial charge in [-0.1, -0.05) is 19.1 Å². The normalized spacial score (nSPS) is 20.8. The Hall–Kier alpha value is -1.36. The Bertz CT molecular complexity index is 297. The largest absolute Gasteiger partial charge is 0.369 e. The summed E-state index contributed by atoms with van der Waals surface area (Å²) < 4.78 is 0. The van der Waals surface area contributed by atoms with Crippen LogP contribution in [-0.2, 0) is 0 Å². The van der Waals surface area contributed by atoms with E-state index in [4.69, 9.17) is 6.42 Å². The van der Waals surface area contributed by atoms with Crippen LogP contribution in [0.25, 0.3) is 0 Å². The second-order valence-corrected chi connectivity index (χ2v) is 4.31. The highest BCUT2D eigenvalue weighted by molar-refractivity contribution is 5.04. The van der Waals surface area contributed by atoms with Gasteiger partial charge in [0.05, 0.1) is 5.82 Å². The number of rotatable bonds is 5. The highest BCUT2D eigenvalue weighted by Gasteiger charge is 2.07. The molecule has 0 aromatic rings. The van der Waals surface area contributed by atoms with Gasteiger partial charge in [0, 0.05) is 26.1 Å². The Morgan fingerprint density at radius 2 is 2.24 bits per heavy atom. The molecule has 1 rings (SSSR count). The van der Waals surface area contributed by atoms with E-state index in [1.165, 1.54) is 18.7 Å². The third kappa shape index (κ3) is 5.49. The van der Waals surface area contributed by atoms with Crippen molar-refractivity contribution in [2.24, 2.45) is 0 Å². The molecular weight excluding hydrogens is 208 g/mol. The summed E-state index contributed by atoms with van der Waals surface area (Å²) in [7, 11) is 0. The van der Waals surface area contributed by atoms with E-state index in [1.54, 1.807) is 0 Å². The molecule has 0 atom stereocenters. The van der Waals surface area contributed by atoms with Crippen LogP contribution in [0, 0.1) is 12.3 Å². The molecule has 1 heterocycles. The first-order valence-electron chi connectivity index (χ1n) is 6.66. The number of hydrogen-bond acceptors (Lipinski definition) is 2. The van der Waals surface area contributed by atoms with Crippen LogP contribution in [-0.4, -0.2) is 24.5 Å². The van der Waals surface area contributed by atoms with Gasteiger partial charge in [0.1, 0.15) is 0 Å². The predicted octanol–water partition coefficient (Wildman–Crippen LogP) is 2.89. The molecule has 0 saturated carbocycles. The fraction of sp³-hybridized carbons (Fsp3) is 0.600. The van der Waals surface area contributed by atoms with E-state index in [0.717, 1.165) is 38.9 Å². The van der Waals surface area contributed by atoms with Gasteiger partial charge in [-0.05, 0) is 31.8 Å². The van der Waals surface area contributed by atoms with Crippen LogP contribution in [0.1, 0.15) is 39.0 Å². The molecule has 17 heavy (non-hydrogen) atoms. The minimum atomic E-state index is 0.814. The zero-order valence-electron chi connectivity index (χ0n) is 10.9. The molecule has 1 N–H and O–H groups in total. The van der Waals surface area contributed by atoms with Crippen LogP contribution in [0.3, 0.4) is 0 Å². The summed E-state index contributed by atoms with van der Waals surface area (Å²) in [5.41, 5.74) is 0. The molecular formula is C15H24N2. The van der Waals surface area contributed by atoms with Gasteiger partial charge < -0.3 is 10.2 Å². The monoisotopic (exact) mass is 232 g/mol. The standard InChI is InChI=1S/C15H24N2/c1-3-5-14-17(13-4-2)15-11-9-7-6-8-10-12-16-15/h1,8,10-11,16H,4-7,9,12-14H2,2H3/b10-8+,15-11+. The number of hydrogen-bond donors (Lipinski definition) is 1. The summed E-state index contributed by atoms with van der Waals surface area (Å²) >= 11 is 0. The Morgan fingerprint density at radius 3 is 3.00 bits per heavy atom. The van der Waals surface area contributed by atoms with E-state index >= 15 is 0 Å². The highest BCUT2D eigenvalue weighted by atomic mass is 15.2. The number of nitrogens with one attached hydrogen (secondary N) is 1. The van der Waals surface area contributed by atoms with Crippen molar-refractivity contribution in [2.45, 2.75) is 39.0 Å². The maximum Gasteiger partial charge on any atom is 0.0974 e. The van der Waals surface area contributed by atoms with Crippen LogP contribution in [0.4, 0.5) is 0 Å². The maximum atomic E-state index is 5.36. The molecule has 0 amide bonds. The van der Waals surface area contributed by atoms with E-state index in [-0.39, 0.29) is 0 Å². The van der Waals surface area contributed by atoms with E-state index < -0.39 is 0 Å². The van der Waals surface area contributed by atoms with E-state index in [9.17, 15) is 0 Å². The Balaban J connectivity index is 2.61. The van der Waals surface area contributed by atoms with Crippen molar-refractivity contribution in [1.29, 1.82) is 0 Å². The smallest absolute Gasteiger partial charge is 0.0974 e. The van der Waals surface area contributed by atoms with E-state index in [0.29, 0.717) is 0 Å². The topological polar surface area (TPSA) is 15.3 Å². The lowest BCUT2D eigenvalue weighted by Gasteiger charge is -2.27. The van der Waals surface area contributed by atoms with Gasteiger partial charge in [0.2, 0.25) is 0 Å². The first kappa shape index (κ1) is 13.7. The second kappa shape index (κ2) is 8.75. The van der Waals surface area contributed by atoms with Gasteiger partial charge in [-0.15, -0.1) is 12.3 Å². The summed E-state index contributed by atoms with van der Waals surface area (Å²) in [5, 5.41) is 3.49. The van der Waals surface area contributed by atoms with Gasteiger partial charge in [0.25, 0.3) is 0 Å². The van der Waals surface area contributed by atoms with Gasteiger partial charge >= 0.3 is 0 Å². The van der Waals surface area contributed by atoms with Crippen LogP contribution >= 0.6 is 0 Å². The molecule has 2 heteroatoms. The summed E-state index contributed by atoms with van der Waals surface area (Å²) in [4.78, 5) is 2.37. The van der Waals surface area contributed by atoms with Crippen molar-refractivity contribution in [3.63, 3.8) is 0 Å². The van der Waals surface area contributed by atoms with E-state index in [2.05, 4.69) is 41.3 Å². The minimum Gasteiger partial charge on any atom is -0.369 e. The second-order valence-electron chi connectivity index (χ2n) is 4.31. The Morgan fingerprint density at radius 1 is 1.35 bits per heavy atom. The van der Waals surface area contributed by atoms with Gasteiger partial charge in [0.15, 0.2) is 0 Å². The van der Waals surface area contributed by atoms with Gasteiger partial charge in [-0.2, -0.15) is 0 Å². The summed E-state index contributed by atoms with van der Waals surface area (Å²) in [6, 6.07) is 0.